The molecule has 0 radical (unpaired) electrons. The number of hydrogen-bond donors (Lipinski definition) is 2. The predicted octanol–water partition coefficient (Wildman–Crippen LogP) is 2.32. The molecule has 2 amide bonds. The molecule has 2 rings (SSSR count). The molecule has 0 spiro atoms. The highest BCUT2D eigenvalue weighted by atomic mass is 16.3. The zero-order chi connectivity index (χ0) is 12.6. The SMILES string of the molecule is O=C(NCCc1ccccc1)NCc1ccoc1. The molecule has 0 bridgehead atoms. The van der Waals surface area contributed by atoms with Crippen LogP contribution in [0.15, 0.2) is 53.3 Å². The van der Waals surface area contributed by atoms with Crippen molar-refractivity contribution in [2.75, 3.05) is 6.54 Å². The van der Waals surface area contributed by atoms with Gasteiger partial charge in [0.25, 0.3) is 0 Å². The third kappa shape index (κ3) is 3.97. The average Bonchev–Trinajstić information content (AvgIpc) is 2.91. The average molecular weight is 244 g/mol. The fraction of sp³-hybridized carbons (Fsp3) is 0.214. The molecule has 1 aromatic carbocycles. The number of amides is 2. The van der Waals surface area contributed by atoms with Gasteiger partial charge in [0.05, 0.1) is 12.5 Å². The number of benzene rings is 1. The third-order valence-electron chi connectivity index (χ3n) is 2.58. The normalized spacial score (nSPS) is 10.0. The summed E-state index contributed by atoms with van der Waals surface area (Å²) in [5.41, 5.74) is 2.17. The summed E-state index contributed by atoms with van der Waals surface area (Å²) in [4.78, 5) is 11.5. The van der Waals surface area contributed by atoms with Crippen LogP contribution in [0, 0.1) is 0 Å². The fourth-order valence-electron chi connectivity index (χ4n) is 1.60. The number of carbonyl (C=O) groups is 1. The van der Waals surface area contributed by atoms with Gasteiger partial charge in [-0.2, -0.15) is 0 Å². The minimum atomic E-state index is -0.160. The van der Waals surface area contributed by atoms with Crippen molar-refractivity contribution in [3.63, 3.8) is 0 Å². The summed E-state index contributed by atoms with van der Waals surface area (Å²) in [5, 5.41) is 5.57. The maximum absolute atomic E-state index is 11.5. The van der Waals surface area contributed by atoms with Crippen molar-refractivity contribution in [3.05, 3.63) is 60.1 Å². The molecule has 0 atom stereocenters. The summed E-state index contributed by atoms with van der Waals surface area (Å²) in [7, 11) is 0. The zero-order valence-electron chi connectivity index (χ0n) is 10.1. The minimum Gasteiger partial charge on any atom is -0.472 e. The Labute approximate surface area is 106 Å². The van der Waals surface area contributed by atoms with Gasteiger partial charge in [-0.05, 0) is 18.1 Å². The van der Waals surface area contributed by atoms with Crippen molar-refractivity contribution in [2.45, 2.75) is 13.0 Å². The van der Waals surface area contributed by atoms with Gasteiger partial charge < -0.3 is 15.1 Å². The van der Waals surface area contributed by atoms with Crippen LogP contribution >= 0.6 is 0 Å². The van der Waals surface area contributed by atoms with Crippen molar-refractivity contribution >= 4 is 6.03 Å². The summed E-state index contributed by atoms with van der Waals surface area (Å²) in [6, 6.07) is 11.7. The van der Waals surface area contributed by atoms with E-state index in [1.54, 1.807) is 12.5 Å². The molecule has 1 heterocycles. The van der Waals surface area contributed by atoms with Crippen LogP contribution in [0.1, 0.15) is 11.1 Å². The van der Waals surface area contributed by atoms with Gasteiger partial charge in [0, 0.05) is 18.7 Å². The van der Waals surface area contributed by atoms with Crippen LogP contribution in [0.4, 0.5) is 4.79 Å². The molecule has 0 saturated carbocycles. The highest BCUT2D eigenvalue weighted by Crippen LogP contribution is 1.99. The largest absolute Gasteiger partial charge is 0.472 e. The molecule has 4 heteroatoms. The Morgan fingerprint density at radius 1 is 1.06 bits per heavy atom. The van der Waals surface area contributed by atoms with E-state index in [1.165, 1.54) is 5.56 Å². The Bertz CT molecular complexity index is 466. The van der Waals surface area contributed by atoms with E-state index in [0.29, 0.717) is 13.1 Å². The maximum atomic E-state index is 11.5. The monoisotopic (exact) mass is 244 g/mol. The van der Waals surface area contributed by atoms with Crippen LogP contribution in [0.2, 0.25) is 0 Å². The van der Waals surface area contributed by atoms with Gasteiger partial charge in [-0.15, -0.1) is 0 Å². The van der Waals surface area contributed by atoms with E-state index in [1.807, 2.05) is 36.4 Å². The highest BCUT2D eigenvalue weighted by Gasteiger charge is 2.00. The molecule has 0 saturated heterocycles. The molecule has 0 aliphatic rings. The first-order valence-electron chi connectivity index (χ1n) is 5.91. The molecule has 0 aliphatic heterocycles. The summed E-state index contributed by atoms with van der Waals surface area (Å²) in [6.45, 7) is 1.11. The van der Waals surface area contributed by atoms with Gasteiger partial charge in [-0.1, -0.05) is 30.3 Å². The molecule has 1 aromatic heterocycles. The van der Waals surface area contributed by atoms with E-state index >= 15 is 0 Å². The molecule has 2 N–H and O–H groups in total. The summed E-state index contributed by atoms with van der Waals surface area (Å²) in [5.74, 6) is 0. The molecular formula is C14H16N2O2. The molecular weight excluding hydrogens is 228 g/mol. The first kappa shape index (κ1) is 12.2. The number of urea groups is 1. The van der Waals surface area contributed by atoms with E-state index in [0.717, 1.165) is 12.0 Å². The fourth-order valence-corrected chi connectivity index (χ4v) is 1.60. The lowest BCUT2D eigenvalue weighted by atomic mass is 10.1. The topological polar surface area (TPSA) is 54.3 Å². The van der Waals surface area contributed by atoms with Gasteiger partial charge in [-0.25, -0.2) is 4.79 Å². The molecule has 18 heavy (non-hydrogen) atoms. The Morgan fingerprint density at radius 2 is 1.89 bits per heavy atom. The van der Waals surface area contributed by atoms with Crippen LogP contribution in [-0.2, 0) is 13.0 Å². The molecule has 0 fully saturated rings. The second-order valence-corrected chi connectivity index (χ2v) is 3.98. The lowest BCUT2D eigenvalue weighted by molar-refractivity contribution is 0.240. The summed E-state index contributed by atoms with van der Waals surface area (Å²) in [6.07, 6.45) is 4.04. The van der Waals surface area contributed by atoms with Crippen LogP contribution in [0.5, 0.6) is 0 Å². The minimum absolute atomic E-state index is 0.160. The van der Waals surface area contributed by atoms with Crippen molar-refractivity contribution in [1.82, 2.24) is 10.6 Å². The summed E-state index contributed by atoms with van der Waals surface area (Å²) >= 11 is 0. The van der Waals surface area contributed by atoms with Gasteiger partial charge in [0.1, 0.15) is 0 Å². The standard InChI is InChI=1S/C14H16N2O2/c17-14(16-10-13-7-9-18-11-13)15-8-6-12-4-2-1-3-5-12/h1-5,7,9,11H,6,8,10H2,(H2,15,16,17). The smallest absolute Gasteiger partial charge is 0.315 e. The zero-order valence-corrected chi connectivity index (χ0v) is 10.1. The maximum Gasteiger partial charge on any atom is 0.315 e. The van der Waals surface area contributed by atoms with E-state index in [2.05, 4.69) is 10.6 Å². The van der Waals surface area contributed by atoms with Gasteiger partial charge in [-0.3, -0.25) is 0 Å². The van der Waals surface area contributed by atoms with Crippen LogP contribution in [-0.4, -0.2) is 12.6 Å². The van der Waals surface area contributed by atoms with Crippen LogP contribution < -0.4 is 10.6 Å². The Morgan fingerprint density at radius 3 is 2.61 bits per heavy atom. The van der Waals surface area contributed by atoms with Crippen molar-refractivity contribution < 1.29 is 9.21 Å². The Hall–Kier alpha value is -2.23. The third-order valence-corrected chi connectivity index (χ3v) is 2.58. The van der Waals surface area contributed by atoms with Gasteiger partial charge in [0.15, 0.2) is 0 Å². The highest BCUT2D eigenvalue weighted by molar-refractivity contribution is 5.73. The van der Waals surface area contributed by atoms with Gasteiger partial charge >= 0.3 is 6.03 Å². The number of rotatable bonds is 5. The van der Waals surface area contributed by atoms with Crippen molar-refractivity contribution in [2.24, 2.45) is 0 Å². The van der Waals surface area contributed by atoms with E-state index in [9.17, 15) is 4.79 Å². The quantitative estimate of drug-likeness (QED) is 0.848. The van der Waals surface area contributed by atoms with E-state index in [4.69, 9.17) is 4.42 Å². The molecule has 2 aromatic rings. The van der Waals surface area contributed by atoms with Gasteiger partial charge in [0.2, 0.25) is 0 Å². The van der Waals surface area contributed by atoms with Crippen molar-refractivity contribution in [1.29, 1.82) is 0 Å². The first-order valence-corrected chi connectivity index (χ1v) is 5.91. The lowest BCUT2D eigenvalue weighted by Gasteiger charge is -2.06. The molecule has 4 nitrogen and oxygen atoms in total. The lowest BCUT2D eigenvalue weighted by Crippen LogP contribution is -2.36. The predicted molar refractivity (Wildman–Crippen MR) is 69.1 cm³/mol. The van der Waals surface area contributed by atoms with Crippen LogP contribution in [0.25, 0.3) is 0 Å². The Kier molecular flexibility index (Phi) is 4.41. The molecule has 0 aliphatic carbocycles. The molecule has 0 unspecified atom stereocenters. The first-order chi connectivity index (χ1) is 8.84. The number of hydrogen-bond acceptors (Lipinski definition) is 2. The Balaban J connectivity index is 1.63. The molecule has 94 valence electrons. The van der Waals surface area contributed by atoms with E-state index < -0.39 is 0 Å². The van der Waals surface area contributed by atoms with E-state index in [-0.39, 0.29) is 6.03 Å². The second kappa shape index (κ2) is 6.49. The van der Waals surface area contributed by atoms with Crippen molar-refractivity contribution in [3.8, 4) is 0 Å². The summed E-state index contributed by atoms with van der Waals surface area (Å²) < 4.78 is 4.91. The van der Waals surface area contributed by atoms with Crippen LogP contribution in [0.3, 0.4) is 0 Å². The second-order valence-electron chi connectivity index (χ2n) is 3.98. The number of carbonyl (C=O) groups excluding carboxylic acids is 1. The number of furan rings is 1. The number of nitrogens with one attached hydrogen (secondary N) is 2.